The van der Waals surface area contributed by atoms with Crippen molar-refractivity contribution in [2.24, 2.45) is 0 Å². The molecule has 1 aliphatic heterocycles. The fraction of sp³-hybridized carbons (Fsp3) is 0.467. The molecule has 0 unspecified atom stereocenters. The van der Waals surface area contributed by atoms with Gasteiger partial charge < -0.3 is 15.1 Å². The van der Waals surface area contributed by atoms with Crippen LogP contribution >= 0.6 is 0 Å². The first kappa shape index (κ1) is 14.5. The average molecular weight is 274 g/mol. The van der Waals surface area contributed by atoms with Crippen molar-refractivity contribution in [3.05, 3.63) is 36.7 Å². The number of piperazine rings is 1. The Morgan fingerprint density at radius 1 is 1.40 bits per heavy atom. The Balaban J connectivity index is 1.94. The van der Waals surface area contributed by atoms with Gasteiger partial charge in [0.1, 0.15) is 5.69 Å². The summed E-state index contributed by atoms with van der Waals surface area (Å²) >= 11 is 0. The summed E-state index contributed by atoms with van der Waals surface area (Å²) in [5.41, 5.74) is 1.53. The number of nitrogens with one attached hydrogen (secondary N) is 1. The molecule has 1 fully saturated rings. The number of hydrogen-bond donors (Lipinski definition) is 1. The van der Waals surface area contributed by atoms with Crippen LogP contribution in [0.1, 0.15) is 17.4 Å². The fourth-order valence-corrected chi connectivity index (χ4v) is 2.29. The molecular formula is C15H22N4O. The second-order valence-corrected chi connectivity index (χ2v) is 4.82. The third-order valence-electron chi connectivity index (χ3n) is 3.57. The van der Waals surface area contributed by atoms with Gasteiger partial charge in [-0.2, -0.15) is 0 Å². The average Bonchev–Trinajstić information content (AvgIpc) is 2.53. The number of amides is 1. The van der Waals surface area contributed by atoms with Crippen molar-refractivity contribution in [1.82, 2.24) is 15.2 Å². The Morgan fingerprint density at radius 2 is 2.15 bits per heavy atom. The van der Waals surface area contributed by atoms with E-state index in [1.807, 2.05) is 6.07 Å². The summed E-state index contributed by atoms with van der Waals surface area (Å²) in [6, 6.07) is 3.75. The van der Waals surface area contributed by atoms with Gasteiger partial charge in [-0.1, -0.05) is 13.0 Å². The van der Waals surface area contributed by atoms with Gasteiger partial charge in [0.25, 0.3) is 5.91 Å². The van der Waals surface area contributed by atoms with E-state index >= 15 is 0 Å². The third-order valence-corrected chi connectivity index (χ3v) is 3.57. The van der Waals surface area contributed by atoms with Gasteiger partial charge in [-0.15, -0.1) is 6.58 Å². The van der Waals surface area contributed by atoms with Crippen LogP contribution in [0.2, 0.25) is 0 Å². The van der Waals surface area contributed by atoms with Crippen molar-refractivity contribution in [3.63, 3.8) is 0 Å². The monoisotopic (exact) mass is 274 g/mol. The summed E-state index contributed by atoms with van der Waals surface area (Å²) < 4.78 is 0. The maximum Gasteiger partial charge on any atom is 0.270 e. The standard InChI is InChI=1S/C15H22N4O/c1-3-7-16-15(20)14-6-5-13(12-17-14)19-10-8-18(4-2)9-11-19/h3,5-6,12H,1,4,7-11H2,2H3,(H,16,20). The number of hydrogen-bond acceptors (Lipinski definition) is 4. The number of carbonyl (C=O) groups excluding carboxylic acids is 1. The quantitative estimate of drug-likeness (QED) is 0.818. The van der Waals surface area contributed by atoms with Crippen LogP contribution in [0.3, 0.4) is 0 Å². The zero-order valence-electron chi connectivity index (χ0n) is 12.0. The molecule has 1 amide bonds. The Labute approximate surface area is 120 Å². The summed E-state index contributed by atoms with van der Waals surface area (Å²) in [5.74, 6) is -0.160. The maximum atomic E-state index is 11.7. The van der Waals surface area contributed by atoms with Gasteiger partial charge in [0.2, 0.25) is 0 Å². The molecule has 0 aliphatic carbocycles. The lowest BCUT2D eigenvalue weighted by molar-refractivity contribution is 0.0953. The van der Waals surface area contributed by atoms with Crippen LogP contribution in [0, 0.1) is 0 Å². The van der Waals surface area contributed by atoms with Crippen LogP contribution in [0.5, 0.6) is 0 Å². The van der Waals surface area contributed by atoms with Gasteiger partial charge in [0, 0.05) is 32.7 Å². The zero-order valence-corrected chi connectivity index (χ0v) is 12.0. The van der Waals surface area contributed by atoms with E-state index in [0.717, 1.165) is 38.4 Å². The Bertz CT molecular complexity index is 449. The molecule has 1 aliphatic rings. The molecule has 1 aromatic heterocycles. The van der Waals surface area contributed by atoms with E-state index in [1.54, 1.807) is 18.3 Å². The van der Waals surface area contributed by atoms with E-state index in [0.29, 0.717) is 12.2 Å². The van der Waals surface area contributed by atoms with Gasteiger partial charge in [-0.25, -0.2) is 4.98 Å². The van der Waals surface area contributed by atoms with E-state index in [4.69, 9.17) is 0 Å². The van der Waals surface area contributed by atoms with Crippen molar-refractivity contribution in [3.8, 4) is 0 Å². The fourth-order valence-electron chi connectivity index (χ4n) is 2.29. The Morgan fingerprint density at radius 3 is 2.70 bits per heavy atom. The molecular weight excluding hydrogens is 252 g/mol. The van der Waals surface area contributed by atoms with E-state index in [1.165, 1.54) is 0 Å². The molecule has 1 saturated heterocycles. The maximum absolute atomic E-state index is 11.7. The number of aromatic nitrogens is 1. The number of rotatable bonds is 5. The summed E-state index contributed by atoms with van der Waals surface area (Å²) in [6.45, 7) is 11.5. The first-order valence-corrected chi connectivity index (χ1v) is 7.07. The Hall–Kier alpha value is -1.88. The number of carbonyl (C=O) groups is 1. The Kier molecular flexibility index (Phi) is 5.12. The highest BCUT2D eigenvalue weighted by Crippen LogP contribution is 2.15. The van der Waals surface area contributed by atoms with E-state index in [-0.39, 0.29) is 5.91 Å². The summed E-state index contributed by atoms with van der Waals surface area (Å²) in [7, 11) is 0. The lowest BCUT2D eigenvalue weighted by Crippen LogP contribution is -2.46. The minimum atomic E-state index is -0.160. The van der Waals surface area contributed by atoms with Gasteiger partial charge in [0.05, 0.1) is 11.9 Å². The van der Waals surface area contributed by atoms with Crippen molar-refractivity contribution in [2.45, 2.75) is 6.92 Å². The number of anilines is 1. The molecule has 5 heteroatoms. The SMILES string of the molecule is C=CCNC(=O)c1ccc(N2CCN(CC)CC2)cn1. The summed E-state index contributed by atoms with van der Waals surface area (Å²) in [5, 5.41) is 2.72. The first-order valence-electron chi connectivity index (χ1n) is 7.07. The van der Waals surface area contributed by atoms with Crippen LogP contribution in [0.4, 0.5) is 5.69 Å². The molecule has 0 saturated carbocycles. The minimum Gasteiger partial charge on any atom is -0.368 e. The molecule has 0 spiro atoms. The number of likely N-dealkylation sites (N-methyl/N-ethyl adjacent to an activating group) is 1. The van der Waals surface area contributed by atoms with Crippen molar-refractivity contribution in [1.29, 1.82) is 0 Å². The van der Waals surface area contributed by atoms with Gasteiger partial charge in [-0.05, 0) is 18.7 Å². The van der Waals surface area contributed by atoms with Gasteiger partial charge in [-0.3, -0.25) is 4.79 Å². The molecule has 20 heavy (non-hydrogen) atoms. The van der Waals surface area contributed by atoms with Crippen LogP contribution in [-0.2, 0) is 0 Å². The van der Waals surface area contributed by atoms with E-state index in [2.05, 4.69) is 33.6 Å². The lowest BCUT2D eigenvalue weighted by atomic mass is 10.2. The van der Waals surface area contributed by atoms with Crippen molar-refractivity contribution in [2.75, 3.05) is 44.2 Å². The molecule has 5 nitrogen and oxygen atoms in total. The first-order chi connectivity index (χ1) is 9.74. The lowest BCUT2D eigenvalue weighted by Gasteiger charge is -2.35. The van der Waals surface area contributed by atoms with Crippen LogP contribution in [0.15, 0.2) is 31.0 Å². The highest BCUT2D eigenvalue weighted by atomic mass is 16.1. The smallest absolute Gasteiger partial charge is 0.270 e. The third kappa shape index (κ3) is 3.57. The highest BCUT2D eigenvalue weighted by molar-refractivity contribution is 5.92. The molecule has 1 aromatic rings. The van der Waals surface area contributed by atoms with Crippen LogP contribution < -0.4 is 10.2 Å². The van der Waals surface area contributed by atoms with Gasteiger partial charge in [0.15, 0.2) is 0 Å². The summed E-state index contributed by atoms with van der Waals surface area (Å²) in [4.78, 5) is 20.7. The molecule has 0 bridgehead atoms. The van der Waals surface area contributed by atoms with Crippen molar-refractivity contribution >= 4 is 11.6 Å². The van der Waals surface area contributed by atoms with Crippen LogP contribution in [0.25, 0.3) is 0 Å². The van der Waals surface area contributed by atoms with Crippen LogP contribution in [-0.4, -0.2) is 55.1 Å². The second kappa shape index (κ2) is 7.05. The predicted octanol–water partition coefficient (Wildman–Crippen LogP) is 1.14. The predicted molar refractivity (Wildman–Crippen MR) is 81.1 cm³/mol. The summed E-state index contributed by atoms with van der Waals surface area (Å²) in [6.07, 6.45) is 3.43. The molecule has 0 radical (unpaired) electrons. The van der Waals surface area contributed by atoms with Crippen molar-refractivity contribution < 1.29 is 4.79 Å². The second-order valence-electron chi connectivity index (χ2n) is 4.82. The molecule has 2 heterocycles. The molecule has 1 N–H and O–H groups in total. The molecule has 0 aromatic carbocycles. The molecule has 2 rings (SSSR count). The topological polar surface area (TPSA) is 48.5 Å². The molecule has 108 valence electrons. The zero-order chi connectivity index (χ0) is 14.4. The normalized spacial score (nSPS) is 15.9. The number of pyridine rings is 1. The largest absolute Gasteiger partial charge is 0.368 e. The van der Waals surface area contributed by atoms with Gasteiger partial charge >= 0.3 is 0 Å². The van der Waals surface area contributed by atoms with E-state index in [9.17, 15) is 4.79 Å². The molecule has 0 atom stereocenters. The number of nitrogens with zero attached hydrogens (tertiary/aromatic N) is 3. The minimum absolute atomic E-state index is 0.160. The highest BCUT2D eigenvalue weighted by Gasteiger charge is 2.16. The van der Waals surface area contributed by atoms with E-state index < -0.39 is 0 Å².